The summed E-state index contributed by atoms with van der Waals surface area (Å²) in [7, 11) is 0. The number of fused-ring (bicyclic) bond motifs is 1. The zero-order valence-electron chi connectivity index (χ0n) is 14.5. The lowest BCUT2D eigenvalue weighted by Crippen LogP contribution is -2.46. The summed E-state index contributed by atoms with van der Waals surface area (Å²) in [6, 6.07) is 7.80. The Morgan fingerprint density at radius 2 is 1.96 bits per heavy atom. The van der Waals surface area contributed by atoms with Gasteiger partial charge in [0.05, 0.1) is 5.02 Å². The number of hydrogen-bond acceptors (Lipinski definition) is 5. The van der Waals surface area contributed by atoms with Crippen LogP contribution in [0.2, 0.25) is 5.02 Å². The summed E-state index contributed by atoms with van der Waals surface area (Å²) < 4.78 is 6.21. The third kappa shape index (κ3) is 3.12. The molecule has 1 aliphatic rings. The molecule has 2 aromatic heterocycles. The molecule has 1 saturated carbocycles. The van der Waals surface area contributed by atoms with Gasteiger partial charge in [-0.2, -0.15) is 4.98 Å². The van der Waals surface area contributed by atoms with Crippen LogP contribution in [0.5, 0.6) is 0 Å². The Morgan fingerprint density at radius 1 is 1.23 bits per heavy atom. The molecule has 1 amide bonds. The molecule has 1 aliphatic carbocycles. The smallest absolute Gasteiger partial charge is 0.263 e. The van der Waals surface area contributed by atoms with Crippen molar-refractivity contribution in [2.24, 2.45) is 0 Å². The number of nitrogens with one attached hydrogen (secondary N) is 1. The monoisotopic (exact) mass is 389 g/mol. The van der Waals surface area contributed by atoms with Crippen LogP contribution in [0.15, 0.2) is 28.8 Å². The molecule has 0 radical (unpaired) electrons. The number of amides is 1. The maximum absolute atomic E-state index is 13.1. The Morgan fingerprint density at radius 3 is 2.62 bits per heavy atom. The van der Waals surface area contributed by atoms with Gasteiger partial charge in [-0.05, 0) is 18.9 Å². The van der Waals surface area contributed by atoms with Crippen molar-refractivity contribution in [1.29, 1.82) is 0 Å². The van der Waals surface area contributed by atoms with Gasteiger partial charge < -0.3 is 9.84 Å². The van der Waals surface area contributed by atoms with Gasteiger partial charge in [0.1, 0.15) is 10.4 Å². The van der Waals surface area contributed by atoms with Crippen LogP contribution in [0.25, 0.3) is 10.1 Å². The van der Waals surface area contributed by atoms with E-state index in [0.717, 1.165) is 48.6 Å². The Kier molecular flexibility index (Phi) is 4.71. The molecule has 136 valence electrons. The Labute approximate surface area is 160 Å². The highest BCUT2D eigenvalue weighted by atomic mass is 35.5. The van der Waals surface area contributed by atoms with Crippen molar-refractivity contribution in [2.75, 3.05) is 0 Å². The Balaban J connectivity index is 1.70. The average molecular weight is 390 g/mol. The van der Waals surface area contributed by atoms with Crippen molar-refractivity contribution in [3.63, 3.8) is 0 Å². The number of rotatable bonds is 3. The highest BCUT2D eigenvalue weighted by Gasteiger charge is 2.39. The van der Waals surface area contributed by atoms with E-state index in [-0.39, 0.29) is 5.91 Å². The van der Waals surface area contributed by atoms with E-state index in [4.69, 9.17) is 16.1 Å². The van der Waals surface area contributed by atoms with Crippen LogP contribution in [-0.2, 0) is 5.54 Å². The molecular weight excluding hydrogens is 370 g/mol. The van der Waals surface area contributed by atoms with Crippen molar-refractivity contribution in [3.8, 4) is 0 Å². The number of benzene rings is 1. The van der Waals surface area contributed by atoms with Gasteiger partial charge in [0.2, 0.25) is 5.89 Å². The van der Waals surface area contributed by atoms with Crippen molar-refractivity contribution in [2.45, 2.75) is 51.0 Å². The van der Waals surface area contributed by atoms with Crippen LogP contribution >= 0.6 is 22.9 Å². The first-order valence-electron chi connectivity index (χ1n) is 8.89. The predicted octanol–water partition coefficient (Wildman–Crippen LogP) is 5.23. The van der Waals surface area contributed by atoms with Crippen LogP contribution in [0.3, 0.4) is 0 Å². The number of halogens is 1. The Hall–Kier alpha value is -1.92. The average Bonchev–Trinajstić information content (AvgIpc) is 3.13. The van der Waals surface area contributed by atoms with Crippen LogP contribution in [-0.4, -0.2) is 16.0 Å². The minimum Gasteiger partial charge on any atom is -0.340 e. The normalized spacial score (nSPS) is 17.2. The lowest BCUT2D eigenvalue weighted by molar-refractivity contribution is 0.0881. The third-order valence-electron chi connectivity index (χ3n) is 5.01. The highest BCUT2D eigenvalue weighted by Crippen LogP contribution is 2.38. The standard InChI is InChI=1S/C19H20ClN3O2S/c1-12-21-18(23-25-12)19(10-6-2-3-7-11-19)22-17(24)16-15(20)13-8-4-5-9-14(13)26-16/h4-5,8-9H,2-3,6-7,10-11H2,1H3,(H,22,24). The van der Waals surface area contributed by atoms with E-state index < -0.39 is 5.54 Å². The number of thiophene rings is 1. The van der Waals surface area contributed by atoms with E-state index >= 15 is 0 Å². The number of aromatic nitrogens is 2. The lowest BCUT2D eigenvalue weighted by atomic mass is 9.89. The summed E-state index contributed by atoms with van der Waals surface area (Å²) in [5, 5.41) is 8.78. The van der Waals surface area contributed by atoms with Gasteiger partial charge in [0, 0.05) is 17.0 Å². The second-order valence-corrected chi connectivity index (χ2v) is 8.26. The van der Waals surface area contributed by atoms with Crippen molar-refractivity contribution in [1.82, 2.24) is 15.5 Å². The number of aryl methyl sites for hydroxylation is 1. The lowest BCUT2D eigenvalue weighted by Gasteiger charge is -2.30. The first-order chi connectivity index (χ1) is 12.6. The zero-order chi connectivity index (χ0) is 18.1. The van der Waals surface area contributed by atoms with E-state index in [1.54, 1.807) is 6.92 Å². The summed E-state index contributed by atoms with van der Waals surface area (Å²) >= 11 is 7.91. The summed E-state index contributed by atoms with van der Waals surface area (Å²) in [4.78, 5) is 18.1. The Bertz CT molecular complexity index is 941. The minimum atomic E-state index is -0.592. The van der Waals surface area contributed by atoms with Crippen molar-refractivity contribution >= 4 is 38.9 Å². The largest absolute Gasteiger partial charge is 0.340 e. The predicted molar refractivity (Wildman–Crippen MR) is 103 cm³/mol. The van der Waals surface area contributed by atoms with Crippen LogP contribution in [0.1, 0.15) is 59.9 Å². The highest BCUT2D eigenvalue weighted by molar-refractivity contribution is 7.21. The molecule has 3 aromatic rings. The summed E-state index contributed by atoms with van der Waals surface area (Å²) in [5.41, 5.74) is -0.592. The molecule has 1 fully saturated rings. The molecule has 0 bridgehead atoms. The van der Waals surface area contributed by atoms with E-state index in [2.05, 4.69) is 15.5 Å². The molecule has 2 heterocycles. The fraction of sp³-hybridized carbons (Fsp3) is 0.421. The van der Waals surface area contributed by atoms with E-state index in [0.29, 0.717) is 21.6 Å². The summed E-state index contributed by atoms with van der Waals surface area (Å²) in [6.07, 6.45) is 5.96. The zero-order valence-corrected chi connectivity index (χ0v) is 16.1. The number of carbonyl (C=O) groups excluding carboxylic acids is 1. The molecule has 7 heteroatoms. The third-order valence-corrected chi connectivity index (χ3v) is 6.68. The van der Waals surface area contributed by atoms with Crippen LogP contribution < -0.4 is 5.32 Å². The number of nitrogens with zero attached hydrogens (tertiary/aromatic N) is 2. The molecule has 0 aliphatic heterocycles. The van der Waals surface area contributed by atoms with E-state index in [1.807, 2.05) is 24.3 Å². The van der Waals surface area contributed by atoms with Gasteiger partial charge in [-0.3, -0.25) is 4.79 Å². The molecule has 0 unspecified atom stereocenters. The SMILES string of the molecule is Cc1nc(C2(NC(=O)c3sc4ccccc4c3Cl)CCCCCC2)no1. The number of hydrogen-bond donors (Lipinski definition) is 1. The molecule has 1 aromatic carbocycles. The summed E-state index contributed by atoms with van der Waals surface area (Å²) in [6.45, 7) is 1.77. The molecule has 5 nitrogen and oxygen atoms in total. The number of carbonyl (C=O) groups is 1. The van der Waals surface area contributed by atoms with Crippen molar-refractivity contribution < 1.29 is 9.32 Å². The molecule has 0 saturated heterocycles. The molecule has 1 N–H and O–H groups in total. The van der Waals surface area contributed by atoms with E-state index in [9.17, 15) is 4.79 Å². The van der Waals surface area contributed by atoms with Gasteiger partial charge in [-0.1, -0.05) is 60.6 Å². The summed E-state index contributed by atoms with van der Waals surface area (Å²) in [5.74, 6) is 0.917. The topological polar surface area (TPSA) is 68.0 Å². The second-order valence-electron chi connectivity index (χ2n) is 6.83. The molecule has 4 rings (SSSR count). The van der Waals surface area contributed by atoms with Gasteiger partial charge >= 0.3 is 0 Å². The minimum absolute atomic E-state index is 0.166. The molecular formula is C19H20ClN3O2S. The van der Waals surface area contributed by atoms with Gasteiger partial charge in [0.15, 0.2) is 5.82 Å². The molecule has 0 atom stereocenters. The van der Waals surface area contributed by atoms with Crippen LogP contribution in [0, 0.1) is 6.92 Å². The van der Waals surface area contributed by atoms with Gasteiger partial charge in [0.25, 0.3) is 5.91 Å². The first-order valence-corrected chi connectivity index (χ1v) is 10.1. The van der Waals surface area contributed by atoms with Crippen LogP contribution in [0.4, 0.5) is 0 Å². The first kappa shape index (κ1) is 17.5. The van der Waals surface area contributed by atoms with Gasteiger partial charge in [-0.25, -0.2) is 0 Å². The fourth-order valence-corrected chi connectivity index (χ4v) is 5.08. The quantitative estimate of drug-likeness (QED) is 0.623. The van der Waals surface area contributed by atoms with Gasteiger partial charge in [-0.15, -0.1) is 11.3 Å². The molecule has 0 spiro atoms. The maximum atomic E-state index is 13.1. The molecule has 26 heavy (non-hydrogen) atoms. The van der Waals surface area contributed by atoms with E-state index in [1.165, 1.54) is 11.3 Å². The fourth-order valence-electron chi connectivity index (χ4n) is 3.66. The van der Waals surface area contributed by atoms with Crippen molar-refractivity contribution in [3.05, 3.63) is 45.9 Å². The second kappa shape index (κ2) is 7.00. The maximum Gasteiger partial charge on any atom is 0.263 e.